The van der Waals surface area contributed by atoms with E-state index in [1.165, 1.54) is 0 Å². The van der Waals surface area contributed by atoms with Gasteiger partial charge in [0.2, 0.25) is 0 Å². The van der Waals surface area contributed by atoms with Gasteiger partial charge in [0.15, 0.2) is 0 Å². The Morgan fingerprint density at radius 2 is 1.82 bits per heavy atom. The molecule has 0 bridgehead atoms. The lowest BCUT2D eigenvalue weighted by molar-refractivity contribution is 0.667. The summed E-state index contributed by atoms with van der Waals surface area (Å²) in [7, 11) is 0. The molecule has 3 heterocycles. The zero-order valence-electron chi connectivity index (χ0n) is 15.6. The number of nitrogens with zero attached hydrogens (tertiary/aromatic N) is 2. The van der Waals surface area contributed by atoms with Crippen LogP contribution in [0.2, 0.25) is 0 Å². The number of benzene rings is 2. The minimum Gasteiger partial charge on any atom is -0.455 e. The number of hydrogen-bond acceptors (Lipinski definition) is 3. The second kappa shape index (κ2) is 6.11. The molecule has 0 saturated carbocycles. The number of H-pyrrole nitrogens is 1. The summed E-state index contributed by atoms with van der Waals surface area (Å²) in [6, 6.07) is 20.5. The first kappa shape index (κ1) is 16.3. The van der Waals surface area contributed by atoms with Crippen LogP contribution in [0.1, 0.15) is 23.9 Å². The Kier molecular flexibility index (Phi) is 3.56. The number of para-hydroxylation sites is 2. The highest BCUT2D eigenvalue weighted by Crippen LogP contribution is 2.38. The number of nitrogens with one attached hydrogen (secondary N) is 1. The van der Waals surface area contributed by atoms with Crippen LogP contribution in [0.25, 0.3) is 27.5 Å². The van der Waals surface area contributed by atoms with Crippen LogP contribution in [0.5, 0.6) is 0 Å². The van der Waals surface area contributed by atoms with Gasteiger partial charge in [-0.15, -0.1) is 0 Å². The van der Waals surface area contributed by atoms with Crippen molar-refractivity contribution >= 4 is 33.2 Å². The predicted octanol–water partition coefficient (Wildman–Crippen LogP) is 5.91. The Balaban J connectivity index is 1.88. The normalized spacial score (nSPS) is 15.6. The maximum Gasteiger partial charge on any atom is 0.143 e. The third-order valence-electron chi connectivity index (χ3n) is 5.11. The van der Waals surface area contributed by atoms with Gasteiger partial charge in [-0.05, 0) is 38.1 Å². The standard InChI is InChI=1S/C24H17N3O/c1-14-10-11-20(26-14)23(21-12-16(13-25)15(2)27-21)19-8-5-7-18-17-6-3-4-9-22(17)28-24(18)19/h3-12,26H,1-2H3/b23-21-. The van der Waals surface area contributed by atoms with Crippen molar-refractivity contribution in [2.24, 2.45) is 4.99 Å². The van der Waals surface area contributed by atoms with Crippen molar-refractivity contribution in [1.82, 2.24) is 4.98 Å². The molecule has 0 fully saturated rings. The van der Waals surface area contributed by atoms with Crippen LogP contribution in [-0.2, 0) is 0 Å². The van der Waals surface area contributed by atoms with Crippen LogP contribution in [0.15, 0.2) is 81.4 Å². The van der Waals surface area contributed by atoms with Gasteiger partial charge in [-0.1, -0.05) is 36.4 Å². The van der Waals surface area contributed by atoms with Crippen LogP contribution >= 0.6 is 0 Å². The van der Waals surface area contributed by atoms with Crippen molar-refractivity contribution in [3.8, 4) is 6.07 Å². The molecule has 0 radical (unpaired) electrons. The van der Waals surface area contributed by atoms with E-state index in [4.69, 9.17) is 4.42 Å². The number of furan rings is 1. The summed E-state index contributed by atoms with van der Waals surface area (Å²) < 4.78 is 6.25. The zero-order chi connectivity index (χ0) is 19.3. The maximum absolute atomic E-state index is 9.40. The molecular formula is C24H17N3O. The van der Waals surface area contributed by atoms with E-state index < -0.39 is 0 Å². The van der Waals surface area contributed by atoms with Crippen LogP contribution in [0.3, 0.4) is 0 Å². The minimum atomic E-state index is 0.590. The van der Waals surface area contributed by atoms with Gasteiger partial charge in [-0.25, -0.2) is 0 Å². The number of aryl methyl sites for hydroxylation is 1. The molecular weight excluding hydrogens is 346 g/mol. The molecule has 1 aliphatic heterocycles. The van der Waals surface area contributed by atoms with E-state index in [0.717, 1.165) is 55.9 Å². The van der Waals surface area contributed by atoms with Crippen molar-refractivity contribution in [2.45, 2.75) is 13.8 Å². The van der Waals surface area contributed by atoms with Gasteiger partial charge in [0.05, 0.1) is 17.0 Å². The summed E-state index contributed by atoms with van der Waals surface area (Å²) in [6.45, 7) is 3.88. The highest BCUT2D eigenvalue weighted by Gasteiger charge is 2.21. The molecule has 4 heteroatoms. The van der Waals surface area contributed by atoms with E-state index >= 15 is 0 Å². The predicted molar refractivity (Wildman–Crippen MR) is 112 cm³/mol. The van der Waals surface area contributed by atoms with Gasteiger partial charge in [0.1, 0.15) is 17.2 Å². The lowest BCUT2D eigenvalue weighted by Crippen LogP contribution is -1.93. The van der Waals surface area contributed by atoms with Crippen molar-refractivity contribution in [2.75, 3.05) is 0 Å². The first-order chi connectivity index (χ1) is 13.7. The summed E-state index contributed by atoms with van der Waals surface area (Å²) in [6.07, 6.45) is 1.85. The summed E-state index contributed by atoms with van der Waals surface area (Å²) in [4.78, 5) is 8.10. The average molecular weight is 363 g/mol. The smallest absolute Gasteiger partial charge is 0.143 e. The molecule has 0 spiro atoms. The molecule has 2 aromatic carbocycles. The number of hydrogen-bond donors (Lipinski definition) is 1. The molecule has 2 aromatic heterocycles. The number of aliphatic imine (C=N–C) groups is 1. The number of aromatic amines is 1. The molecule has 0 amide bonds. The molecule has 0 unspecified atom stereocenters. The molecule has 1 aliphatic rings. The largest absolute Gasteiger partial charge is 0.455 e. The summed E-state index contributed by atoms with van der Waals surface area (Å²) in [5.41, 5.74) is 7.67. The minimum absolute atomic E-state index is 0.590. The molecule has 4 aromatic rings. The number of aromatic nitrogens is 1. The molecule has 28 heavy (non-hydrogen) atoms. The van der Waals surface area contributed by atoms with E-state index in [9.17, 15) is 5.26 Å². The van der Waals surface area contributed by atoms with Crippen molar-refractivity contribution in [3.05, 3.63) is 88.9 Å². The number of nitriles is 1. The van der Waals surface area contributed by atoms with Gasteiger partial charge < -0.3 is 9.40 Å². The Hall–Kier alpha value is -3.84. The van der Waals surface area contributed by atoms with E-state index in [-0.39, 0.29) is 0 Å². The van der Waals surface area contributed by atoms with E-state index in [1.54, 1.807) is 0 Å². The lowest BCUT2D eigenvalue weighted by atomic mass is 9.98. The van der Waals surface area contributed by atoms with Gasteiger partial charge in [-0.3, -0.25) is 4.99 Å². The fraction of sp³-hybridized carbons (Fsp3) is 0.0833. The molecule has 5 rings (SSSR count). The molecule has 0 atom stereocenters. The van der Waals surface area contributed by atoms with Crippen LogP contribution in [0, 0.1) is 18.3 Å². The lowest BCUT2D eigenvalue weighted by Gasteiger charge is -2.09. The molecule has 4 nitrogen and oxygen atoms in total. The zero-order valence-corrected chi connectivity index (χ0v) is 15.6. The molecule has 0 aliphatic carbocycles. The summed E-state index contributed by atoms with van der Waals surface area (Å²) >= 11 is 0. The number of fused-ring (bicyclic) bond motifs is 3. The van der Waals surface area contributed by atoms with Gasteiger partial charge in [0, 0.05) is 33.3 Å². The Morgan fingerprint density at radius 1 is 1.00 bits per heavy atom. The van der Waals surface area contributed by atoms with Crippen molar-refractivity contribution in [1.29, 1.82) is 5.26 Å². The van der Waals surface area contributed by atoms with Gasteiger partial charge in [0.25, 0.3) is 0 Å². The van der Waals surface area contributed by atoms with Crippen molar-refractivity contribution in [3.63, 3.8) is 0 Å². The third kappa shape index (κ3) is 2.41. The van der Waals surface area contributed by atoms with E-state index in [1.807, 2.05) is 62.4 Å². The van der Waals surface area contributed by atoms with Crippen LogP contribution < -0.4 is 0 Å². The first-order valence-electron chi connectivity index (χ1n) is 9.14. The van der Waals surface area contributed by atoms with Gasteiger partial charge in [-0.2, -0.15) is 5.26 Å². The molecule has 0 saturated heterocycles. The monoisotopic (exact) mass is 363 g/mol. The highest BCUT2D eigenvalue weighted by molar-refractivity contribution is 6.11. The summed E-state index contributed by atoms with van der Waals surface area (Å²) in [5, 5.41) is 11.6. The number of allylic oxidation sites excluding steroid dienone is 2. The quantitative estimate of drug-likeness (QED) is 0.481. The first-order valence-corrected chi connectivity index (χ1v) is 9.14. The van der Waals surface area contributed by atoms with Crippen LogP contribution in [0.4, 0.5) is 0 Å². The summed E-state index contributed by atoms with van der Waals surface area (Å²) in [5.74, 6) is 0. The van der Waals surface area contributed by atoms with Crippen molar-refractivity contribution < 1.29 is 4.42 Å². The third-order valence-corrected chi connectivity index (χ3v) is 5.11. The number of rotatable bonds is 2. The fourth-order valence-electron chi connectivity index (χ4n) is 3.77. The van der Waals surface area contributed by atoms with E-state index in [2.05, 4.69) is 28.2 Å². The van der Waals surface area contributed by atoms with Gasteiger partial charge >= 0.3 is 0 Å². The molecule has 1 N–H and O–H groups in total. The molecule has 134 valence electrons. The highest BCUT2D eigenvalue weighted by atomic mass is 16.3. The second-order valence-electron chi connectivity index (χ2n) is 6.96. The SMILES string of the molecule is CC1=N/C(=C(\c2ccc(C)[nH]2)c2cccc3c2oc2ccccc23)C=C1C#N. The van der Waals surface area contributed by atoms with Crippen LogP contribution in [-0.4, -0.2) is 10.7 Å². The maximum atomic E-state index is 9.40. The Morgan fingerprint density at radius 3 is 2.57 bits per heavy atom. The fourth-order valence-corrected chi connectivity index (χ4v) is 3.77. The second-order valence-corrected chi connectivity index (χ2v) is 6.96. The topological polar surface area (TPSA) is 65.1 Å². The Bertz CT molecular complexity index is 1390. The Labute approximate surface area is 162 Å². The van der Waals surface area contributed by atoms with E-state index in [0.29, 0.717) is 5.57 Å². The average Bonchev–Trinajstić information content (AvgIpc) is 3.39.